The zero-order valence-corrected chi connectivity index (χ0v) is 7.75. The molecule has 0 aromatic carbocycles. The number of rotatable bonds is 3. The Labute approximate surface area is 85.1 Å². The molecule has 2 N–H and O–H groups in total. The van der Waals surface area contributed by atoms with Crippen LogP contribution in [0.1, 0.15) is 22.1 Å². The predicted octanol–water partition coefficient (Wildman–Crippen LogP) is 0.154. The highest BCUT2D eigenvalue weighted by Crippen LogP contribution is 2.04. The molecule has 76 valence electrons. The predicted molar refractivity (Wildman–Crippen MR) is 49.9 cm³/mol. The van der Waals surface area contributed by atoms with Gasteiger partial charge in [0, 0.05) is 18.8 Å². The molecular formula is C9H8N4O2. The fourth-order valence-electron chi connectivity index (χ4n) is 1.11. The molecule has 15 heavy (non-hydrogen) atoms. The van der Waals surface area contributed by atoms with Gasteiger partial charge in [-0.3, -0.25) is 9.78 Å². The van der Waals surface area contributed by atoms with Gasteiger partial charge in [-0.15, -0.1) is 0 Å². The van der Waals surface area contributed by atoms with E-state index in [0.717, 1.165) is 5.56 Å². The van der Waals surface area contributed by atoms with Crippen LogP contribution in [0.2, 0.25) is 0 Å². The highest BCUT2D eigenvalue weighted by atomic mass is 16.5. The minimum atomic E-state index is -0.722. The number of primary amides is 1. The van der Waals surface area contributed by atoms with Crippen molar-refractivity contribution in [3.63, 3.8) is 0 Å². The van der Waals surface area contributed by atoms with E-state index >= 15 is 0 Å². The number of hydrogen-bond donors (Lipinski definition) is 1. The summed E-state index contributed by atoms with van der Waals surface area (Å²) in [6, 6.07) is 3.69. The Morgan fingerprint density at radius 3 is 3.00 bits per heavy atom. The average Bonchev–Trinajstić information content (AvgIpc) is 2.68. The normalized spacial score (nSPS) is 10.1. The lowest BCUT2D eigenvalue weighted by molar-refractivity contribution is 0.0958. The number of pyridine rings is 1. The van der Waals surface area contributed by atoms with E-state index < -0.39 is 5.91 Å². The Kier molecular flexibility index (Phi) is 2.40. The highest BCUT2D eigenvalue weighted by molar-refractivity contribution is 5.87. The summed E-state index contributed by atoms with van der Waals surface area (Å²) in [5, 5.41) is 3.62. The second kappa shape index (κ2) is 3.87. The molecule has 0 aliphatic heterocycles. The Morgan fingerprint density at radius 2 is 2.40 bits per heavy atom. The molecule has 0 fully saturated rings. The molecule has 0 bridgehead atoms. The summed E-state index contributed by atoms with van der Waals surface area (Å²) >= 11 is 0. The quantitative estimate of drug-likeness (QED) is 0.768. The van der Waals surface area contributed by atoms with Crippen LogP contribution in [0, 0.1) is 0 Å². The van der Waals surface area contributed by atoms with Gasteiger partial charge in [-0.25, -0.2) is 0 Å². The van der Waals surface area contributed by atoms with Crippen LogP contribution in [0.4, 0.5) is 0 Å². The summed E-state index contributed by atoms with van der Waals surface area (Å²) in [6.45, 7) is 0. The summed E-state index contributed by atoms with van der Waals surface area (Å²) in [6.07, 6.45) is 3.83. The third-order valence-electron chi connectivity index (χ3n) is 1.76. The zero-order chi connectivity index (χ0) is 10.7. The van der Waals surface area contributed by atoms with Crippen LogP contribution in [0.15, 0.2) is 29.0 Å². The third kappa shape index (κ3) is 2.16. The standard InChI is InChI=1S/C9H8N4O2/c10-8(14)9-12-7(13-15-9)4-6-2-1-3-11-5-6/h1-3,5H,4H2,(H2,10,14). The van der Waals surface area contributed by atoms with Crippen molar-refractivity contribution in [3.05, 3.63) is 41.8 Å². The van der Waals surface area contributed by atoms with Crippen molar-refractivity contribution in [1.82, 2.24) is 15.1 Å². The SMILES string of the molecule is NC(=O)c1nc(Cc2cccnc2)no1. The first-order chi connectivity index (χ1) is 7.25. The van der Waals surface area contributed by atoms with Crippen molar-refractivity contribution in [3.8, 4) is 0 Å². The molecule has 6 nitrogen and oxygen atoms in total. The summed E-state index contributed by atoms with van der Waals surface area (Å²) in [7, 11) is 0. The van der Waals surface area contributed by atoms with E-state index in [0.29, 0.717) is 12.2 Å². The molecule has 2 heterocycles. The Bertz CT molecular complexity index is 466. The van der Waals surface area contributed by atoms with Crippen molar-refractivity contribution in [2.75, 3.05) is 0 Å². The molecule has 0 aliphatic rings. The highest BCUT2D eigenvalue weighted by Gasteiger charge is 2.11. The number of nitrogens with two attached hydrogens (primary N) is 1. The molecule has 2 aromatic heterocycles. The molecular weight excluding hydrogens is 196 g/mol. The van der Waals surface area contributed by atoms with E-state index in [9.17, 15) is 4.79 Å². The van der Waals surface area contributed by atoms with Gasteiger partial charge >= 0.3 is 11.8 Å². The summed E-state index contributed by atoms with van der Waals surface area (Å²) in [5.74, 6) is -0.481. The molecule has 6 heteroatoms. The minimum Gasteiger partial charge on any atom is -0.361 e. The van der Waals surface area contributed by atoms with Gasteiger partial charge in [0.25, 0.3) is 0 Å². The van der Waals surface area contributed by atoms with Crippen LogP contribution < -0.4 is 5.73 Å². The van der Waals surface area contributed by atoms with E-state index in [4.69, 9.17) is 5.73 Å². The number of carbonyl (C=O) groups excluding carboxylic acids is 1. The van der Waals surface area contributed by atoms with Gasteiger partial charge in [0.05, 0.1) is 0 Å². The van der Waals surface area contributed by atoms with Gasteiger partial charge in [0.15, 0.2) is 5.82 Å². The molecule has 2 aromatic rings. The maximum Gasteiger partial charge on any atom is 0.315 e. The fourth-order valence-corrected chi connectivity index (χ4v) is 1.11. The second-order valence-corrected chi connectivity index (χ2v) is 2.92. The van der Waals surface area contributed by atoms with E-state index in [1.807, 2.05) is 12.1 Å². The Morgan fingerprint density at radius 1 is 1.53 bits per heavy atom. The number of nitrogens with zero attached hydrogens (tertiary/aromatic N) is 3. The van der Waals surface area contributed by atoms with Crippen molar-refractivity contribution in [2.24, 2.45) is 5.73 Å². The molecule has 0 saturated carbocycles. The van der Waals surface area contributed by atoms with Crippen LogP contribution in [0.5, 0.6) is 0 Å². The van der Waals surface area contributed by atoms with Crippen LogP contribution in [-0.4, -0.2) is 21.0 Å². The first-order valence-corrected chi connectivity index (χ1v) is 4.27. The van der Waals surface area contributed by atoms with Gasteiger partial charge in [-0.05, 0) is 11.6 Å². The number of hydrogen-bond acceptors (Lipinski definition) is 5. The van der Waals surface area contributed by atoms with E-state index in [1.165, 1.54) is 0 Å². The summed E-state index contributed by atoms with van der Waals surface area (Å²) in [4.78, 5) is 18.5. The molecule has 1 amide bonds. The van der Waals surface area contributed by atoms with E-state index in [-0.39, 0.29) is 5.89 Å². The molecule has 0 spiro atoms. The summed E-state index contributed by atoms with van der Waals surface area (Å²) in [5.41, 5.74) is 5.91. The lowest BCUT2D eigenvalue weighted by atomic mass is 10.2. The topological polar surface area (TPSA) is 94.9 Å². The Hall–Kier alpha value is -2.24. The first-order valence-electron chi connectivity index (χ1n) is 4.27. The number of amides is 1. The lowest BCUT2D eigenvalue weighted by Crippen LogP contribution is -2.11. The molecule has 0 saturated heterocycles. The fraction of sp³-hybridized carbons (Fsp3) is 0.111. The lowest BCUT2D eigenvalue weighted by Gasteiger charge is -1.92. The van der Waals surface area contributed by atoms with E-state index in [1.54, 1.807) is 12.4 Å². The minimum absolute atomic E-state index is 0.172. The van der Waals surface area contributed by atoms with Crippen molar-refractivity contribution in [1.29, 1.82) is 0 Å². The number of aromatic nitrogens is 3. The van der Waals surface area contributed by atoms with Crippen LogP contribution >= 0.6 is 0 Å². The smallest absolute Gasteiger partial charge is 0.315 e. The van der Waals surface area contributed by atoms with Gasteiger partial charge in [0.1, 0.15) is 0 Å². The van der Waals surface area contributed by atoms with Gasteiger partial charge in [0.2, 0.25) is 0 Å². The number of carbonyl (C=O) groups is 1. The van der Waals surface area contributed by atoms with Crippen LogP contribution in [0.3, 0.4) is 0 Å². The maximum absolute atomic E-state index is 10.7. The molecule has 0 radical (unpaired) electrons. The van der Waals surface area contributed by atoms with Crippen molar-refractivity contribution >= 4 is 5.91 Å². The largest absolute Gasteiger partial charge is 0.361 e. The molecule has 0 atom stereocenters. The van der Waals surface area contributed by atoms with Crippen molar-refractivity contribution < 1.29 is 9.32 Å². The monoisotopic (exact) mass is 204 g/mol. The van der Waals surface area contributed by atoms with Crippen LogP contribution in [-0.2, 0) is 6.42 Å². The van der Waals surface area contributed by atoms with Crippen LogP contribution in [0.25, 0.3) is 0 Å². The van der Waals surface area contributed by atoms with Gasteiger partial charge < -0.3 is 10.3 Å². The van der Waals surface area contributed by atoms with E-state index in [2.05, 4.69) is 19.6 Å². The van der Waals surface area contributed by atoms with Crippen molar-refractivity contribution in [2.45, 2.75) is 6.42 Å². The zero-order valence-electron chi connectivity index (χ0n) is 7.75. The van der Waals surface area contributed by atoms with Gasteiger partial charge in [-0.1, -0.05) is 11.2 Å². The third-order valence-corrected chi connectivity index (χ3v) is 1.76. The van der Waals surface area contributed by atoms with Gasteiger partial charge in [-0.2, -0.15) is 4.98 Å². The molecule has 0 unspecified atom stereocenters. The molecule has 2 rings (SSSR count). The summed E-state index contributed by atoms with van der Waals surface area (Å²) < 4.78 is 4.64. The second-order valence-electron chi connectivity index (χ2n) is 2.92. The molecule has 0 aliphatic carbocycles. The Balaban J connectivity index is 2.15. The first kappa shape index (κ1) is 9.32. The average molecular weight is 204 g/mol. The maximum atomic E-state index is 10.7.